The lowest BCUT2D eigenvalue weighted by Crippen LogP contribution is -2.49. The number of hydrazine groups is 1. The first-order valence-corrected chi connectivity index (χ1v) is 8.47. The summed E-state index contributed by atoms with van der Waals surface area (Å²) in [6.07, 6.45) is 15.0. The molecule has 4 aliphatic rings. The van der Waals surface area contributed by atoms with Crippen molar-refractivity contribution in [2.45, 2.75) is 51.9 Å². The lowest BCUT2D eigenvalue weighted by molar-refractivity contribution is -0.133. The molecule has 0 aliphatic heterocycles. The van der Waals surface area contributed by atoms with Crippen molar-refractivity contribution >= 4 is 11.8 Å². The number of allylic oxidation sites excluding steroid dienone is 3. The average Bonchev–Trinajstić information content (AvgIpc) is 2.43. The van der Waals surface area contributed by atoms with E-state index < -0.39 is 0 Å². The molecule has 4 saturated carbocycles. The van der Waals surface area contributed by atoms with Crippen molar-refractivity contribution in [2.75, 3.05) is 0 Å². The van der Waals surface area contributed by atoms with Crippen LogP contribution >= 0.6 is 0 Å². The van der Waals surface area contributed by atoms with E-state index in [2.05, 4.69) is 10.9 Å². The molecule has 4 aliphatic carbocycles. The summed E-state index contributed by atoms with van der Waals surface area (Å²) in [5, 5.41) is 0. The Bertz CT molecular complexity index is 472. The lowest BCUT2D eigenvalue weighted by atomic mass is 9.49. The van der Waals surface area contributed by atoms with Crippen molar-refractivity contribution in [1.82, 2.24) is 10.9 Å². The van der Waals surface area contributed by atoms with Crippen LogP contribution in [0.15, 0.2) is 24.3 Å². The monoisotopic (exact) mass is 302 g/mol. The molecule has 4 bridgehead atoms. The summed E-state index contributed by atoms with van der Waals surface area (Å²) >= 11 is 0. The van der Waals surface area contributed by atoms with E-state index in [9.17, 15) is 9.59 Å². The van der Waals surface area contributed by atoms with E-state index in [1.54, 1.807) is 12.2 Å². The van der Waals surface area contributed by atoms with Gasteiger partial charge in [-0.15, -0.1) is 0 Å². The van der Waals surface area contributed by atoms with Gasteiger partial charge in [0.05, 0.1) is 0 Å². The van der Waals surface area contributed by atoms with E-state index in [0.29, 0.717) is 6.42 Å². The van der Waals surface area contributed by atoms with Gasteiger partial charge >= 0.3 is 0 Å². The fourth-order valence-corrected chi connectivity index (χ4v) is 5.32. The van der Waals surface area contributed by atoms with Gasteiger partial charge in [0, 0.05) is 12.5 Å². The quantitative estimate of drug-likeness (QED) is 0.476. The second kappa shape index (κ2) is 6.27. The van der Waals surface area contributed by atoms with Gasteiger partial charge in [0.15, 0.2) is 0 Å². The van der Waals surface area contributed by atoms with Crippen LogP contribution in [0.2, 0.25) is 0 Å². The molecule has 2 N–H and O–H groups in total. The summed E-state index contributed by atoms with van der Waals surface area (Å²) in [6.45, 7) is 1.88. The Morgan fingerprint density at radius 3 is 2.14 bits per heavy atom. The lowest BCUT2D eigenvalue weighted by Gasteiger charge is -2.56. The molecule has 0 aromatic rings. The second-order valence-corrected chi connectivity index (χ2v) is 7.52. The van der Waals surface area contributed by atoms with Crippen molar-refractivity contribution in [1.29, 1.82) is 0 Å². The zero-order valence-electron chi connectivity index (χ0n) is 13.3. The third-order valence-corrected chi connectivity index (χ3v) is 5.58. The molecule has 0 aromatic heterocycles. The summed E-state index contributed by atoms with van der Waals surface area (Å²) in [4.78, 5) is 23.7. The van der Waals surface area contributed by atoms with Crippen LogP contribution in [0.5, 0.6) is 0 Å². The Hall–Kier alpha value is -1.58. The van der Waals surface area contributed by atoms with Gasteiger partial charge in [0.25, 0.3) is 5.91 Å². The molecule has 4 heteroatoms. The summed E-state index contributed by atoms with van der Waals surface area (Å²) in [6, 6.07) is 0. The molecule has 0 spiro atoms. The van der Waals surface area contributed by atoms with Gasteiger partial charge in [-0.1, -0.05) is 18.2 Å². The first-order valence-electron chi connectivity index (χ1n) is 8.47. The summed E-state index contributed by atoms with van der Waals surface area (Å²) in [5.74, 6) is 2.19. The van der Waals surface area contributed by atoms with Crippen molar-refractivity contribution in [3.8, 4) is 0 Å². The Kier molecular flexibility index (Phi) is 4.37. The highest BCUT2D eigenvalue weighted by Gasteiger charge is 2.51. The van der Waals surface area contributed by atoms with Gasteiger partial charge in [-0.3, -0.25) is 20.4 Å². The third-order valence-electron chi connectivity index (χ3n) is 5.58. The smallest absolute Gasteiger partial charge is 0.262 e. The van der Waals surface area contributed by atoms with Crippen molar-refractivity contribution in [3.05, 3.63) is 24.3 Å². The van der Waals surface area contributed by atoms with Crippen LogP contribution in [0.1, 0.15) is 51.9 Å². The average molecular weight is 302 g/mol. The molecule has 120 valence electrons. The minimum Gasteiger partial charge on any atom is -0.273 e. The van der Waals surface area contributed by atoms with Gasteiger partial charge in [-0.05, 0) is 68.6 Å². The summed E-state index contributed by atoms with van der Waals surface area (Å²) in [7, 11) is 0. The van der Waals surface area contributed by atoms with Gasteiger partial charge in [-0.2, -0.15) is 0 Å². The van der Waals surface area contributed by atoms with E-state index in [-0.39, 0.29) is 17.2 Å². The molecule has 0 saturated heterocycles. The van der Waals surface area contributed by atoms with Crippen molar-refractivity contribution in [3.63, 3.8) is 0 Å². The summed E-state index contributed by atoms with van der Waals surface area (Å²) < 4.78 is 0. The number of carbonyl (C=O) groups excluding carboxylic acids is 2. The third kappa shape index (κ3) is 3.42. The van der Waals surface area contributed by atoms with Crippen LogP contribution in [0, 0.1) is 23.2 Å². The predicted octanol–water partition coefficient (Wildman–Crippen LogP) is 2.87. The summed E-state index contributed by atoms with van der Waals surface area (Å²) in [5.41, 5.74) is 5.25. The van der Waals surface area contributed by atoms with Gasteiger partial charge in [-0.25, -0.2) is 0 Å². The van der Waals surface area contributed by atoms with Crippen LogP contribution in [0.4, 0.5) is 0 Å². The minimum absolute atomic E-state index is 0.0465. The van der Waals surface area contributed by atoms with E-state index >= 15 is 0 Å². The van der Waals surface area contributed by atoms with Crippen LogP contribution in [0.25, 0.3) is 0 Å². The van der Waals surface area contributed by atoms with Crippen molar-refractivity contribution in [2.24, 2.45) is 23.2 Å². The molecule has 0 aromatic carbocycles. The fraction of sp³-hybridized carbons (Fsp3) is 0.667. The highest BCUT2D eigenvalue weighted by Crippen LogP contribution is 2.61. The molecule has 2 amide bonds. The highest BCUT2D eigenvalue weighted by molar-refractivity contribution is 5.89. The first-order chi connectivity index (χ1) is 10.6. The zero-order valence-corrected chi connectivity index (χ0v) is 13.3. The predicted molar refractivity (Wildman–Crippen MR) is 85.5 cm³/mol. The van der Waals surface area contributed by atoms with E-state index in [1.165, 1.54) is 44.6 Å². The Morgan fingerprint density at radius 2 is 1.59 bits per heavy atom. The maximum absolute atomic E-state index is 12.2. The minimum atomic E-state index is -0.294. The van der Waals surface area contributed by atoms with Gasteiger partial charge in [0.2, 0.25) is 5.91 Å². The number of carbonyl (C=O) groups is 2. The number of hydrogen-bond donors (Lipinski definition) is 2. The van der Waals surface area contributed by atoms with E-state index in [0.717, 1.165) is 17.8 Å². The standard InChI is InChI=1S/C18H26N2O2/c1-2-3-4-5-16(21)19-20-17(22)12-18-9-13-6-14(10-18)8-15(7-13)11-18/h2-5,13-15H,6-12H2,1H3,(H,19,21)(H,20,22)/b3-2+,5-4+. The number of hydrogen-bond acceptors (Lipinski definition) is 2. The topological polar surface area (TPSA) is 58.2 Å². The SMILES string of the molecule is C/C=C/C=C/C(=O)NNC(=O)CC12CC3CC(CC(C3)C1)C2. The molecule has 22 heavy (non-hydrogen) atoms. The molecule has 0 atom stereocenters. The van der Waals surface area contributed by atoms with Crippen LogP contribution in [-0.4, -0.2) is 11.8 Å². The fourth-order valence-electron chi connectivity index (χ4n) is 5.32. The maximum atomic E-state index is 12.2. The number of rotatable bonds is 4. The first kappa shape index (κ1) is 15.3. The van der Waals surface area contributed by atoms with Gasteiger partial charge < -0.3 is 0 Å². The second-order valence-electron chi connectivity index (χ2n) is 7.52. The van der Waals surface area contributed by atoms with Crippen molar-refractivity contribution < 1.29 is 9.59 Å². The molecular weight excluding hydrogens is 276 g/mol. The molecule has 4 fully saturated rings. The largest absolute Gasteiger partial charge is 0.273 e. The molecular formula is C18H26N2O2. The van der Waals surface area contributed by atoms with E-state index in [1.807, 2.05) is 13.0 Å². The van der Waals surface area contributed by atoms with Crippen LogP contribution in [0.3, 0.4) is 0 Å². The molecule has 0 heterocycles. The number of nitrogens with one attached hydrogen (secondary N) is 2. The molecule has 0 unspecified atom stereocenters. The Labute approximate surface area is 132 Å². The maximum Gasteiger partial charge on any atom is 0.262 e. The van der Waals surface area contributed by atoms with Crippen LogP contribution < -0.4 is 10.9 Å². The van der Waals surface area contributed by atoms with Crippen LogP contribution in [-0.2, 0) is 9.59 Å². The molecule has 0 radical (unpaired) electrons. The Balaban J connectivity index is 1.49. The van der Waals surface area contributed by atoms with E-state index in [4.69, 9.17) is 0 Å². The normalized spacial score (nSPS) is 36.1. The Morgan fingerprint density at radius 1 is 1.00 bits per heavy atom. The zero-order chi connectivity index (χ0) is 15.6. The molecule has 4 nitrogen and oxygen atoms in total. The molecule has 4 rings (SSSR count). The number of amides is 2. The highest BCUT2D eigenvalue weighted by atomic mass is 16.2. The van der Waals surface area contributed by atoms with Gasteiger partial charge in [0.1, 0.15) is 0 Å².